The molecule has 4 rings (SSSR count). The Hall–Kier alpha value is -2.39. The van der Waals surface area contributed by atoms with Crippen LogP contribution in [0.2, 0.25) is 0 Å². The first-order chi connectivity index (χ1) is 14.4. The van der Waals surface area contributed by atoms with Crippen LogP contribution >= 0.6 is 11.3 Å². The fraction of sp³-hybridized carbons (Fsp3) is 0.429. The van der Waals surface area contributed by atoms with E-state index in [1.54, 1.807) is 29.1 Å². The highest BCUT2D eigenvalue weighted by Gasteiger charge is 2.32. The average Bonchev–Trinajstić information content (AvgIpc) is 3.26. The number of fused-ring (bicyclic) bond motifs is 1. The molecule has 1 fully saturated rings. The number of halogens is 3. The predicted molar refractivity (Wildman–Crippen MR) is 114 cm³/mol. The van der Waals surface area contributed by atoms with Gasteiger partial charge in [0.25, 0.3) is 5.56 Å². The Labute approximate surface area is 176 Å². The second-order valence-electron chi connectivity index (χ2n) is 7.44. The van der Waals surface area contributed by atoms with E-state index in [-0.39, 0.29) is 5.39 Å². The van der Waals surface area contributed by atoms with E-state index in [2.05, 4.69) is 21.7 Å². The van der Waals surface area contributed by atoms with Crippen LogP contribution in [0.1, 0.15) is 25.3 Å². The summed E-state index contributed by atoms with van der Waals surface area (Å²) in [7, 11) is 0. The van der Waals surface area contributed by atoms with Gasteiger partial charge in [-0.2, -0.15) is 18.2 Å². The molecule has 5 nitrogen and oxygen atoms in total. The van der Waals surface area contributed by atoms with Gasteiger partial charge in [0.05, 0.1) is 21.3 Å². The zero-order valence-corrected chi connectivity index (χ0v) is 17.5. The molecule has 2 aromatic heterocycles. The van der Waals surface area contributed by atoms with Gasteiger partial charge in [-0.3, -0.25) is 9.69 Å². The van der Waals surface area contributed by atoms with Gasteiger partial charge in [-0.15, -0.1) is 0 Å². The molecule has 3 heterocycles. The van der Waals surface area contributed by atoms with E-state index >= 15 is 0 Å². The van der Waals surface area contributed by atoms with Crippen molar-refractivity contribution in [3.8, 4) is 5.69 Å². The molecule has 0 saturated carbocycles. The van der Waals surface area contributed by atoms with E-state index in [0.29, 0.717) is 15.5 Å². The Kier molecular flexibility index (Phi) is 5.84. The molecule has 0 spiro atoms. The van der Waals surface area contributed by atoms with Crippen LogP contribution in [0.3, 0.4) is 0 Å². The van der Waals surface area contributed by atoms with Gasteiger partial charge in [0.1, 0.15) is 0 Å². The number of hydrogen-bond acceptors (Lipinski definition) is 5. The van der Waals surface area contributed by atoms with E-state index < -0.39 is 17.3 Å². The molecule has 3 aromatic rings. The van der Waals surface area contributed by atoms with Crippen molar-refractivity contribution in [2.75, 3.05) is 37.6 Å². The first-order valence-electron chi connectivity index (χ1n) is 10.0. The summed E-state index contributed by atoms with van der Waals surface area (Å²) in [4.78, 5) is 21.3. The molecule has 1 saturated heterocycles. The van der Waals surface area contributed by atoms with Crippen molar-refractivity contribution in [1.29, 1.82) is 0 Å². The second-order valence-corrected chi connectivity index (χ2v) is 8.42. The lowest BCUT2D eigenvalue weighted by Gasteiger charge is -2.34. The molecule has 1 aliphatic heterocycles. The van der Waals surface area contributed by atoms with Crippen LogP contribution in [-0.2, 0) is 6.18 Å². The maximum Gasteiger partial charge on any atom is 0.416 e. The number of anilines is 1. The fourth-order valence-corrected chi connectivity index (χ4v) is 4.82. The normalized spacial score (nSPS) is 15.8. The quantitative estimate of drug-likeness (QED) is 0.595. The molecule has 0 unspecified atom stereocenters. The number of benzene rings is 1. The van der Waals surface area contributed by atoms with Gasteiger partial charge in [0.15, 0.2) is 5.13 Å². The van der Waals surface area contributed by atoms with Gasteiger partial charge < -0.3 is 9.47 Å². The SMILES string of the molecule is CCCCN1CCN(c2nc(=O)c3cc(C(F)(F)F)cc(-n4cccc4)c3s2)CC1. The summed E-state index contributed by atoms with van der Waals surface area (Å²) in [6, 6.07) is 5.50. The van der Waals surface area contributed by atoms with E-state index in [0.717, 1.165) is 57.7 Å². The van der Waals surface area contributed by atoms with Gasteiger partial charge in [0, 0.05) is 38.6 Å². The summed E-state index contributed by atoms with van der Waals surface area (Å²) in [5, 5.41) is 0.569. The van der Waals surface area contributed by atoms with Crippen LogP contribution < -0.4 is 10.5 Å². The van der Waals surface area contributed by atoms with Gasteiger partial charge >= 0.3 is 6.18 Å². The number of piperazine rings is 1. The predicted octanol–water partition coefficient (Wildman–Crippen LogP) is 4.39. The lowest BCUT2D eigenvalue weighted by atomic mass is 10.1. The van der Waals surface area contributed by atoms with Gasteiger partial charge in [-0.1, -0.05) is 24.7 Å². The largest absolute Gasteiger partial charge is 0.416 e. The summed E-state index contributed by atoms with van der Waals surface area (Å²) < 4.78 is 42.4. The van der Waals surface area contributed by atoms with E-state index in [4.69, 9.17) is 0 Å². The molecule has 0 aliphatic carbocycles. The number of aromatic nitrogens is 2. The molecule has 1 aromatic carbocycles. The van der Waals surface area contributed by atoms with Gasteiger partial charge in [0.2, 0.25) is 0 Å². The fourth-order valence-electron chi connectivity index (χ4n) is 3.67. The number of alkyl halides is 3. The molecule has 160 valence electrons. The molecule has 0 atom stereocenters. The zero-order valence-electron chi connectivity index (χ0n) is 16.7. The third-order valence-corrected chi connectivity index (χ3v) is 6.54. The van der Waals surface area contributed by atoms with Crippen LogP contribution in [0.4, 0.5) is 18.3 Å². The van der Waals surface area contributed by atoms with E-state index in [1.165, 1.54) is 11.3 Å². The van der Waals surface area contributed by atoms with Gasteiger partial charge in [-0.05, 0) is 37.2 Å². The highest BCUT2D eigenvalue weighted by Crippen LogP contribution is 2.36. The maximum absolute atomic E-state index is 13.4. The first kappa shape index (κ1) is 20.9. The summed E-state index contributed by atoms with van der Waals surface area (Å²) >= 11 is 1.28. The number of rotatable bonds is 5. The molecular weight excluding hydrogens is 413 g/mol. The first-order valence-corrected chi connectivity index (χ1v) is 10.8. The van der Waals surface area contributed by atoms with Gasteiger partial charge in [-0.25, -0.2) is 0 Å². The standard InChI is InChI=1S/C21H23F3N4OS/c1-2-3-6-26-9-11-28(12-10-26)20-25-19(29)16-13-15(21(22,23)24)14-17(18(16)30-20)27-7-4-5-8-27/h4-5,7-8,13-14H,2-3,6,9-12H2,1H3. The van der Waals surface area contributed by atoms with Crippen molar-refractivity contribution >= 4 is 26.6 Å². The highest BCUT2D eigenvalue weighted by molar-refractivity contribution is 7.22. The number of nitrogens with zero attached hydrogens (tertiary/aromatic N) is 4. The van der Waals surface area contributed by atoms with Crippen molar-refractivity contribution in [2.45, 2.75) is 25.9 Å². The second kappa shape index (κ2) is 8.39. The summed E-state index contributed by atoms with van der Waals surface area (Å²) in [6.07, 6.45) is 1.12. The van der Waals surface area contributed by atoms with Crippen LogP contribution in [0, 0.1) is 0 Å². The van der Waals surface area contributed by atoms with E-state index in [1.807, 2.05) is 0 Å². The smallest absolute Gasteiger partial charge is 0.345 e. The van der Waals surface area contributed by atoms with Crippen molar-refractivity contribution in [3.05, 3.63) is 52.6 Å². The monoisotopic (exact) mass is 436 g/mol. The van der Waals surface area contributed by atoms with E-state index in [9.17, 15) is 18.0 Å². The molecule has 0 radical (unpaired) electrons. The average molecular weight is 437 g/mol. The molecule has 0 bridgehead atoms. The van der Waals surface area contributed by atoms with Crippen LogP contribution in [0.5, 0.6) is 0 Å². The third-order valence-electron chi connectivity index (χ3n) is 5.37. The van der Waals surface area contributed by atoms with Crippen LogP contribution in [-0.4, -0.2) is 47.2 Å². The van der Waals surface area contributed by atoms with Crippen LogP contribution in [0.25, 0.3) is 15.8 Å². The van der Waals surface area contributed by atoms with Crippen LogP contribution in [0.15, 0.2) is 41.5 Å². The topological polar surface area (TPSA) is 41.4 Å². The lowest BCUT2D eigenvalue weighted by Crippen LogP contribution is -2.47. The maximum atomic E-state index is 13.4. The number of unbranched alkanes of at least 4 members (excludes halogenated alkanes) is 1. The minimum atomic E-state index is -4.54. The Morgan fingerprint density at radius 1 is 1.10 bits per heavy atom. The minimum absolute atomic E-state index is 0.00357. The number of hydrogen-bond donors (Lipinski definition) is 0. The third kappa shape index (κ3) is 4.22. The molecule has 30 heavy (non-hydrogen) atoms. The van der Waals surface area contributed by atoms with Crippen molar-refractivity contribution in [1.82, 2.24) is 14.5 Å². The molecule has 1 aliphatic rings. The Balaban J connectivity index is 1.75. The molecular formula is C21H23F3N4OS. The zero-order chi connectivity index (χ0) is 21.3. The minimum Gasteiger partial charge on any atom is -0.345 e. The molecule has 0 amide bonds. The van der Waals surface area contributed by atoms with Crippen molar-refractivity contribution in [2.24, 2.45) is 0 Å². The molecule has 9 heteroatoms. The Morgan fingerprint density at radius 2 is 1.80 bits per heavy atom. The summed E-state index contributed by atoms with van der Waals surface area (Å²) in [5.41, 5.74) is -1.12. The summed E-state index contributed by atoms with van der Waals surface area (Å²) in [6.45, 7) is 6.49. The Morgan fingerprint density at radius 3 is 2.43 bits per heavy atom. The summed E-state index contributed by atoms with van der Waals surface area (Å²) in [5.74, 6) is 0. The highest BCUT2D eigenvalue weighted by atomic mass is 32.1. The Bertz CT molecular complexity index is 1070. The van der Waals surface area contributed by atoms with Crippen molar-refractivity contribution < 1.29 is 13.2 Å². The lowest BCUT2D eigenvalue weighted by molar-refractivity contribution is -0.137. The molecule has 0 N–H and O–H groups in total. The van der Waals surface area contributed by atoms with Crippen molar-refractivity contribution in [3.63, 3.8) is 0 Å².